The molecule has 3 aromatic rings. The van der Waals surface area contributed by atoms with Gasteiger partial charge in [-0.15, -0.1) is 0 Å². The number of aromatic amines is 2. The van der Waals surface area contributed by atoms with Gasteiger partial charge in [0, 0.05) is 6.20 Å². The Morgan fingerprint density at radius 2 is 1.95 bits per heavy atom. The molecule has 7 nitrogen and oxygen atoms in total. The first-order valence-electron chi connectivity index (χ1n) is 5.63. The minimum absolute atomic E-state index is 0.279. The fourth-order valence-electron chi connectivity index (χ4n) is 1.87. The van der Waals surface area contributed by atoms with Crippen LogP contribution < -0.4 is 16.4 Å². The van der Waals surface area contributed by atoms with Crippen molar-refractivity contribution >= 4 is 38.2 Å². The number of anilines is 2. The number of nitrogens with one attached hydrogen (secondary N) is 3. The molecule has 0 atom stereocenters. The Balaban J connectivity index is 2.23. The fourth-order valence-corrected chi connectivity index (χ4v) is 2.19. The summed E-state index contributed by atoms with van der Waals surface area (Å²) in [5, 5.41) is 8.20. The van der Waals surface area contributed by atoms with Crippen LogP contribution in [0.2, 0.25) is 0 Å². The van der Waals surface area contributed by atoms with Crippen molar-refractivity contribution in [3.63, 3.8) is 0 Å². The highest BCUT2D eigenvalue weighted by atomic mass is 79.9. The SMILES string of the molecule is O=c1[nH][nH]c(=O)c2c(Nc3ncncc3Br)cccc12. The lowest BCUT2D eigenvalue weighted by Gasteiger charge is -2.08. The normalized spacial score (nSPS) is 10.7. The average Bonchev–Trinajstić information content (AvgIpc) is 2.45. The zero-order valence-electron chi connectivity index (χ0n) is 9.98. The van der Waals surface area contributed by atoms with Crippen LogP contribution in [0.5, 0.6) is 0 Å². The van der Waals surface area contributed by atoms with E-state index < -0.39 is 0 Å². The van der Waals surface area contributed by atoms with Gasteiger partial charge in [0.1, 0.15) is 12.1 Å². The first-order chi connectivity index (χ1) is 9.66. The highest BCUT2D eigenvalue weighted by Gasteiger charge is 2.10. The molecule has 8 heteroatoms. The molecule has 100 valence electrons. The van der Waals surface area contributed by atoms with E-state index in [0.29, 0.717) is 21.4 Å². The summed E-state index contributed by atoms with van der Waals surface area (Å²) in [4.78, 5) is 31.6. The Hall–Kier alpha value is -2.48. The van der Waals surface area contributed by atoms with E-state index in [1.807, 2.05) is 0 Å². The molecule has 0 spiro atoms. The third-order valence-electron chi connectivity index (χ3n) is 2.75. The second kappa shape index (κ2) is 4.89. The highest BCUT2D eigenvalue weighted by Crippen LogP contribution is 2.25. The first kappa shape index (κ1) is 12.5. The van der Waals surface area contributed by atoms with E-state index in [9.17, 15) is 9.59 Å². The second-order valence-electron chi connectivity index (χ2n) is 3.98. The Morgan fingerprint density at radius 3 is 2.75 bits per heavy atom. The van der Waals surface area contributed by atoms with Crippen LogP contribution in [0.1, 0.15) is 0 Å². The molecular weight excluding hydrogens is 326 g/mol. The number of aromatic nitrogens is 4. The van der Waals surface area contributed by atoms with Crippen LogP contribution in [-0.4, -0.2) is 20.2 Å². The van der Waals surface area contributed by atoms with E-state index in [4.69, 9.17) is 0 Å². The summed E-state index contributed by atoms with van der Waals surface area (Å²) >= 11 is 3.31. The number of nitrogens with zero attached hydrogens (tertiary/aromatic N) is 2. The van der Waals surface area contributed by atoms with Gasteiger partial charge in [-0.2, -0.15) is 0 Å². The van der Waals surface area contributed by atoms with Crippen LogP contribution in [0, 0.1) is 0 Å². The summed E-state index contributed by atoms with van der Waals surface area (Å²) in [5.41, 5.74) is -0.243. The molecule has 1 aromatic carbocycles. The lowest BCUT2D eigenvalue weighted by Crippen LogP contribution is -2.19. The van der Waals surface area contributed by atoms with Gasteiger partial charge in [-0.05, 0) is 28.1 Å². The molecule has 2 heterocycles. The molecule has 0 unspecified atom stereocenters. The van der Waals surface area contributed by atoms with E-state index >= 15 is 0 Å². The smallest absolute Gasteiger partial charge is 0.272 e. The molecule has 3 N–H and O–H groups in total. The van der Waals surface area contributed by atoms with Gasteiger partial charge in [0.05, 0.1) is 20.9 Å². The average molecular weight is 334 g/mol. The van der Waals surface area contributed by atoms with Gasteiger partial charge < -0.3 is 5.32 Å². The van der Waals surface area contributed by atoms with Gasteiger partial charge in [0.15, 0.2) is 0 Å². The van der Waals surface area contributed by atoms with Gasteiger partial charge in [0.25, 0.3) is 11.1 Å². The standard InChI is InChI=1S/C12H8BrN5O2/c13-7-4-14-5-15-10(7)16-8-3-1-2-6-9(8)12(20)18-17-11(6)19/h1-5H,(H,17,19)(H,18,20)(H,14,15,16). The summed E-state index contributed by atoms with van der Waals surface area (Å²) in [6.07, 6.45) is 2.97. The molecule has 0 amide bonds. The maximum absolute atomic E-state index is 11.9. The van der Waals surface area contributed by atoms with Crippen molar-refractivity contribution in [2.24, 2.45) is 0 Å². The Labute approximate surface area is 120 Å². The predicted molar refractivity (Wildman–Crippen MR) is 78.2 cm³/mol. The zero-order valence-corrected chi connectivity index (χ0v) is 11.6. The summed E-state index contributed by atoms with van der Waals surface area (Å²) in [6, 6.07) is 4.98. The highest BCUT2D eigenvalue weighted by molar-refractivity contribution is 9.10. The van der Waals surface area contributed by atoms with Crippen molar-refractivity contribution in [3.8, 4) is 0 Å². The van der Waals surface area contributed by atoms with Gasteiger partial charge in [-0.25, -0.2) is 9.97 Å². The van der Waals surface area contributed by atoms with Gasteiger partial charge in [-0.1, -0.05) is 6.07 Å². The first-order valence-corrected chi connectivity index (χ1v) is 6.42. The van der Waals surface area contributed by atoms with Crippen LogP contribution in [0.3, 0.4) is 0 Å². The van der Waals surface area contributed by atoms with Crippen LogP contribution in [0.4, 0.5) is 11.5 Å². The van der Waals surface area contributed by atoms with Crippen molar-refractivity contribution in [2.45, 2.75) is 0 Å². The van der Waals surface area contributed by atoms with E-state index in [2.05, 4.69) is 41.4 Å². The van der Waals surface area contributed by atoms with Gasteiger partial charge >= 0.3 is 0 Å². The van der Waals surface area contributed by atoms with Crippen molar-refractivity contribution in [1.82, 2.24) is 20.2 Å². The number of hydrogen-bond acceptors (Lipinski definition) is 5. The third kappa shape index (κ3) is 2.10. The topological polar surface area (TPSA) is 104 Å². The monoisotopic (exact) mass is 333 g/mol. The molecule has 0 saturated carbocycles. The van der Waals surface area contributed by atoms with Gasteiger partial charge in [-0.3, -0.25) is 19.8 Å². The second-order valence-corrected chi connectivity index (χ2v) is 4.84. The predicted octanol–water partition coefficient (Wildman–Crippen LogP) is 1.51. The van der Waals surface area contributed by atoms with E-state index in [1.54, 1.807) is 24.4 Å². The van der Waals surface area contributed by atoms with Crippen molar-refractivity contribution in [3.05, 3.63) is 55.9 Å². The van der Waals surface area contributed by atoms with Crippen molar-refractivity contribution in [2.75, 3.05) is 5.32 Å². The summed E-state index contributed by atoms with van der Waals surface area (Å²) in [5.74, 6) is 0.507. The van der Waals surface area contributed by atoms with Crippen molar-refractivity contribution in [1.29, 1.82) is 0 Å². The summed E-state index contributed by atoms with van der Waals surface area (Å²) < 4.78 is 0.651. The number of benzene rings is 1. The molecule has 0 aliphatic heterocycles. The molecular formula is C12H8BrN5O2. The minimum atomic E-state index is -0.382. The summed E-state index contributed by atoms with van der Waals surface area (Å²) in [7, 11) is 0. The molecule has 3 rings (SSSR count). The van der Waals surface area contributed by atoms with E-state index in [-0.39, 0.29) is 16.5 Å². The number of H-pyrrole nitrogens is 2. The molecule has 0 aliphatic rings. The van der Waals surface area contributed by atoms with Crippen LogP contribution in [-0.2, 0) is 0 Å². The maximum atomic E-state index is 11.9. The third-order valence-corrected chi connectivity index (χ3v) is 3.33. The molecule has 0 fully saturated rings. The fraction of sp³-hybridized carbons (Fsp3) is 0. The Bertz CT molecular complexity index is 902. The van der Waals surface area contributed by atoms with Gasteiger partial charge in [0.2, 0.25) is 0 Å². The molecule has 0 saturated heterocycles. The summed E-state index contributed by atoms with van der Waals surface area (Å²) in [6.45, 7) is 0. The minimum Gasteiger partial charge on any atom is -0.339 e. The lowest BCUT2D eigenvalue weighted by molar-refractivity contribution is 0.977. The quantitative estimate of drug-likeness (QED) is 0.659. The van der Waals surface area contributed by atoms with Crippen LogP contribution in [0.15, 0.2) is 44.8 Å². The molecule has 0 radical (unpaired) electrons. The van der Waals surface area contributed by atoms with E-state index in [1.165, 1.54) is 6.33 Å². The molecule has 0 aliphatic carbocycles. The molecule has 0 bridgehead atoms. The number of fused-ring (bicyclic) bond motifs is 1. The van der Waals surface area contributed by atoms with Crippen LogP contribution >= 0.6 is 15.9 Å². The van der Waals surface area contributed by atoms with Crippen LogP contribution in [0.25, 0.3) is 10.8 Å². The molecule has 20 heavy (non-hydrogen) atoms. The number of hydrogen-bond donors (Lipinski definition) is 3. The largest absolute Gasteiger partial charge is 0.339 e. The number of rotatable bonds is 2. The number of halogens is 1. The Kier molecular flexibility index (Phi) is 3.07. The lowest BCUT2D eigenvalue weighted by atomic mass is 10.1. The zero-order chi connectivity index (χ0) is 14.1. The van der Waals surface area contributed by atoms with E-state index in [0.717, 1.165) is 0 Å². The molecule has 2 aromatic heterocycles. The maximum Gasteiger partial charge on any atom is 0.272 e. The van der Waals surface area contributed by atoms with Crippen molar-refractivity contribution < 1.29 is 0 Å². The Morgan fingerprint density at radius 1 is 1.15 bits per heavy atom.